The molecule has 1 aromatic heterocycles. The van der Waals surface area contributed by atoms with Crippen LogP contribution in [0.3, 0.4) is 0 Å². The molecule has 16 heavy (non-hydrogen) atoms. The molecule has 0 bridgehead atoms. The first-order valence-corrected chi connectivity index (χ1v) is 5.61. The highest BCUT2D eigenvalue weighted by Crippen LogP contribution is 2.26. The minimum atomic E-state index is -0.432. The van der Waals surface area contributed by atoms with E-state index in [2.05, 4.69) is 10.3 Å². The van der Waals surface area contributed by atoms with Crippen molar-refractivity contribution in [1.82, 2.24) is 10.3 Å². The number of aromatic nitrogens is 1. The quantitative estimate of drug-likeness (QED) is 0.665. The summed E-state index contributed by atoms with van der Waals surface area (Å²) in [4.78, 5) is 14.0. The van der Waals surface area contributed by atoms with Crippen molar-refractivity contribution in [2.45, 2.75) is 16.7 Å². The van der Waals surface area contributed by atoms with E-state index in [0.717, 1.165) is 24.5 Å². The van der Waals surface area contributed by atoms with Crippen molar-refractivity contribution in [3.63, 3.8) is 0 Å². The van der Waals surface area contributed by atoms with E-state index < -0.39 is 4.92 Å². The van der Waals surface area contributed by atoms with Gasteiger partial charge in [0.05, 0.1) is 9.95 Å². The number of nitrogens with zero attached hydrogens (tertiary/aromatic N) is 2. The molecule has 1 aliphatic heterocycles. The van der Waals surface area contributed by atoms with Gasteiger partial charge in [-0.05, 0) is 19.0 Å². The second kappa shape index (κ2) is 6.03. The van der Waals surface area contributed by atoms with Crippen LogP contribution in [-0.2, 0) is 0 Å². The zero-order valence-electron chi connectivity index (χ0n) is 8.46. The summed E-state index contributed by atoms with van der Waals surface area (Å²) in [5, 5.41) is 15.1. The van der Waals surface area contributed by atoms with Gasteiger partial charge in [-0.1, -0.05) is 0 Å². The van der Waals surface area contributed by atoms with Gasteiger partial charge in [0.25, 0.3) is 5.69 Å². The fourth-order valence-corrected chi connectivity index (χ4v) is 2.49. The molecule has 7 heteroatoms. The van der Waals surface area contributed by atoms with E-state index in [1.165, 1.54) is 12.3 Å². The van der Waals surface area contributed by atoms with Gasteiger partial charge in [-0.25, -0.2) is 4.98 Å². The van der Waals surface area contributed by atoms with Crippen LogP contribution >= 0.6 is 24.2 Å². The van der Waals surface area contributed by atoms with E-state index in [1.54, 1.807) is 17.8 Å². The molecule has 0 saturated carbocycles. The molecule has 88 valence electrons. The lowest BCUT2D eigenvalue weighted by molar-refractivity contribution is -0.385. The molecular formula is C9H12ClN3O2S. The molecule has 0 radical (unpaired) electrons. The van der Waals surface area contributed by atoms with Gasteiger partial charge in [-0.3, -0.25) is 10.1 Å². The van der Waals surface area contributed by atoms with Crippen LogP contribution in [0.1, 0.15) is 6.42 Å². The second-order valence-electron chi connectivity index (χ2n) is 3.34. The normalized spacial score (nSPS) is 19.1. The molecule has 1 aliphatic rings. The second-order valence-corrected chi connectivity index (χ2v) is 4.67. The maximum absolute atomic E-state index is 10.4. The van der Waals surface area contributed by atoms with Crippen LogP contribution in [0.4, 0.5) is 5.69 Å². The van der Waals surface area contributed by atoms with Gasteiger partial charge in [0.2, 0.25) is 0 Å². The number of nitrogens with one attached hydrogen (secondary N) is 1. The number of thioether (sulfide) groups is 1. The summed E-state index contributed by atoms with van der Waals surface area (Å²) in [5.74, 6) is 0. The Morgan fingerprint density at radius 1 is 1.56 bits per heavy atom. The Labute approximate surface area is 104 Å². The standard InChI is InChI=1S/C9H11N3O2S.ClH/c13-12(14)7-1-2-9(11-5-7)15-8-3-4-10-6-8;/h1-2,5,8,10H,3-4,6H2;1H/t8-;/m0./s1. The van der Waals surface area contributed by atoms with Crippen molar-refractivity contribution in [2.75, 3.05) is 13.1 Å². The molecule has 1 saturated heterocycles. The molecular weight excluding hydrogens is 250 g/mol. The SMILES string of the molecule is Cl.O=[N+]([O-])c1ccc(S[C@H]2CCNC2)nc1. The summed E-state index contributed by atoms with van der Waals surface area (Å²) in [6.45, 7) is 2.04. The van der Waals surface area contributed by atoms with Crippen molar-refractivity contribution in [3.05, 3.63) is 28.4 Å². The molecule has 0 aliphatic carbocycles. The number of halogens is 1. The highest BCUT2D eigenvalue weighted by Gasteiger charge is 2.16. The minimum absolute atomic E-state index is 0. The van der Waals surface area contributed by atoms with Crippen LogP contribution in [0.2, 0.25) is 0 Å². The predicted octanol–water partition coefficient (Wildman–Crippen LogP) is 1.87. The molecule has 2 heterocycles. The monoisotopic (exact) mass is 261 g/mol. The highest BCUT2D eigenvalue weighted by atomic mass is 35.5. The molecule has 5 nitrogen and oxygen atoms in total. The number of hydrogen-bond donors (Lipinski definition) is 1. The van der Waals surface area contributed by atoms with Crippen molar-refractivity contribution in [1.29, 1.82) is 0 Å². The third-order valence-electron chi connectivity index (χ3n) is 2.23. The van der Waals surface area contributed by atoms with E-state index in [4.69, 9.17) is 0 Å². The summed E-state index contributed by atoms with van der Waals surface area (Å²) in [5.41, 5.74) is 0.0453. The lowest BCUT2D eigenvalue weighted by Crippen LogP contribution is -2.10. The van der Waals surface area contributed by atoms with Crippen molar-refractivity contribution < 1.29 is 4.92 Å². The molecule has 1 atom stereocenters. The van der Waals surface area contributed by atoms with Gasteiger partial charge < -0.3 is 5.32 Å². The zero-order chi connectivity index (χ0) is 10.7. The maximum atomic E-state index is 10.4. The Bertz CT molecular complexity index is 354. The Kier molecular flexibility index (Phi) is 4.98. The Balaban J connectivity index is 0.00000128. The van der Waals surface area contributed by atoms with Gasteiger partial charge >= 0.3 is 0 Å². The van der Waals surface area contributed by atoms with Gasteiger partial charge in [0, 0.05) is 17.9 Å². The Morgan fingerprint density at radius 3 is 2.88 bits per heavy atom. The van der Waals surface area contributed by atoms with E-state index in [9.17, 15) is 10.1 Å². The summed E-state index contributed by atoms with van der Waals surface area (Å²) in [6, 6.07) is 3.21. The first kappa shape index (κ1) is 13.2. The van der Waals surface area contributed by atoms with Crippen LogP contribution in [-0.4, -0.2) is 28.2 Å². The maximum Gasteiger partial charge on any atom is 0.287 e. The van der Waals surface area contributed by atoms with Gasteiger partial charge in [0.15, 0.2) is 0 Å². The number of nitro groups is 1. The average Bonchev–Trinajstić information content (AvgIpc) is 2.71. The number of rotatable bonds is 3. The first-order valence-electron chi connectivity index (χ1n) is 4.73. The highest BCUT2D eigenvalue weighted by molar-refractivity contribution is 7.99. The molecule has 0 spiro atoms. The van der Waals surface area contributed by atoms with E-state index in [1.807, 2.05) is 0 Å². The van der Waals surface area contributed by atoms with E-state index in [-0.39, 0.29) is 18.1 Å². The van der Waals surface area contributed by atoms with Gasteiger partial charge in [-0.15, -0.1) is 24.2 Å². The molecule has 1 aromatic rings. The Hall–Kier alpha value is -0.850. The fourth-order valence-electron chi connectivity index (χ4n) is 1.45. The summed E-state index contributed by atoms with van der Waals surface area (Å²) in [6.07, 6.45) is 2.44. The van der Waals surface area contributed by atoms with Crippen LogP contribution < -0.4 is 5.32 Å². The summed E-state index contributed by atoms with van der Waals surface area (Å²) in [7, 11) is 0. The van der Waals surface area contributed by atoms with Gasteiger partial charge in [0.1, 0.15) is 6.20 Å². The average molecular weight is 262 g/mol. The largest absolute Gasteiger partial charge is 0.316 e. The lowest BCUT2D eigenvalue weighted by atomic mass is 10.4. The molecule has 0 aromatic carbocycles. The lowest BCUT2D eigenvalue weighted by Gasteiger charge is -2.05. The molecule has 1 fully saturated rings. The van der Waals surface area contributed by atoms with Gasteiger partial charge in [-0.2, -0.15) is 0 Å². The zero-order valence-corrected chi connectivity index (χ0v) is 10.1. The predicted molar refractivity (Wildman–Crippen MR) is 65.3 cm³/mol. The van der Waals surface area contributed by atoms with Crippen LogP contribution in [0.25, 0.3) is 0 Å². The molecule has 2 rings (SSSR count). The van der Waals surface area contributed by atoms with Crippen LogP contribution in [0.5, 0.6) is 0 Å². The smallest absolute Gasteiger partial charge is 0.287 e. The van der Waals surface area contributed by atoms with Crippen molar-refractivity contribution in [3.8, 4) is 0 Å². The van der Waals surface area contributed by atoms with Crippen molar-refractivity contribution >= 4 is 29.9 Å². The Morgan fingerprint density at radius 2 is 2.38 bits per heavy atom. The third-order valence-corrected chi connectivity index (χ3v) is 3.45. The van der Waals surface area contributed by atoms with E-state index >= 15 is 0 Å². The van der Waals surface area contributed by atoms with Crippen LogP contribution in [0, 0.1) is 10.1 Å². The summed E-state index contributed by atoms with van der Waals surface area (Å²) < 4.78 is 0. The third kappa shape index (κ3) is 3.33. The topological polar surface area (TPSA) is 68.1 Å². The van der Waals surface area contributed by atoms with Crippen LogP contribution in [0.15, 0.2) is 23.4 Å². The molecule has 0 unspecified atom stereocenters. The molecule has 1 N–H and O–H groups in total. The minimum Gasteiger partial charge on any atom is -0.316 e. The fraction of sp³-hybridized carbons (Fsp3) is 0.444. The first-order chi connectivity index (χ1) is 7.25. The number of hydrogen-bond acceptors (Lipinski definition) is 5. The number of pyridine rings is 1. The van der Waals surface area contributed by atoms with E-state index in [0.29, 0.717) is 5.25 Å². The van der Waals surface area contributed by atoms with Crippen molar-refractivity contribution in [2.24, 2.45) is 0 Å². The summed E-state index contributed by atoms with van der Waals surface area (Å²) >= 11 is 1.68. The molecule has 0 amide bonds.